The van der Waals surface area contributed by atoms with Crippen molar-refractivity contribution >= 4 is 23.3 Å². The van der Waals surface area contributed by atoms with Gasteiger partial charge in [-0.15, -0.1) is 0 Å². The lowest BCUT2D eigenvalue weighted by Crippen LogP contribution is -2.48. The highest BCUT2D eigenvalue weighted by Crippen LogP contribution is 2.34. The number of aliphatic hydroxyl groups excluding tert-OH is 1. The molecule has 0 spiro atoms. The van der Waals surface area contributed by atoms with Crippen LogP contribution in [0.15, 0.2) is 42.6 Å². The van der Waals surface area contributed by atoms with Crippen LogP contribution in [0.2, 0.25) is 5.02 Å². The zero-order valence-corrected chi connectivity index (χ0v) is 20.2. The van der Waals surface area contributed by atoms with Gasteiger partial charge in [0.1, 0.15) is 17.7 Å². The molecule has 7 nitrogen and oxygen atoms in total. The number of pyridine rings is 1. The van der Waals surface area contributed by atoms with Crippen molar-refractivity contribution in [3.8, 4) is 5.75 Å². The Morgan fingerprint density at radius 3 is 2.71 bits per heavy atom. The standard InChI is InChI=1S/C26H33ClN4O3/c27-21-15-18(6-9-23(21)34-20-7-8-20)25(32)22(17-30-12-3-4-13-30)29-26(33)19-10-14-31(16-19)24-5-1-2-11-28-24/h1-2,5-6,9,11,15,19-20,22,25,32H,3-4,7-8,10,12-14,16-17H2,(H,29,33). The van der Waals surface area contributed by atoms with E-state index in [1.807, 2.05) is 30.3 Å². The summed E-state index contributed by atoms with van der Waals surface area (Å²) in [7, 11) is 0. The highest BCUT2D eigenvalue weighted by atomic mass is 35.5. The summed E-state index contributed by atoms with van der Waals surface area (Å²) in [5.74, 6) is 1.41. The van der Waals surface area contributed by atoms with Crippen LogP contribution in [0.5, 0.6) is 5.75 Å². The van der Waals surface area contributed by atoms with E-state index in [1.165, 1.54) is 0 Å². The van der Waals surface area contributed by atoms with Crippen molar-refractivity contribution in [2.24, 2.45) is 5.92 Å². The fraction of sp³-hybridized carbons (Fsp3) is 0.538. The van der Waals surface area contributed by atoms with Crippen LogP contribution in [-0.4, -0.2) is 65.8 Å². The molecule has 1 aromatic heterocycles. The van der Waals surface area contributed by atoms with Crippen molar-refractivity contribution in [3.05, 3.63) is 53.2 Å². The van der Waals surface area contributed by atoms with E-state index in [0.717, 1.165) is 57.6 Å². The van der Waals surface area contributed by atoms with Crippen LogP contribution in [0.3, 0.4) is 0 Å². The molecule has 2 N–H and O–H groups in total. The summed E-state index contributed by atoms with van der Waals surface area (Å²) in [6, 6.07) is 10.9. The quantitative estimate of drug-likeness (QED) is 0.568. The van der Waals surface area contributed by atoms with Crippen LogP contribution >= 0.6 is 11.6 Å². The first kappa shape index (κ1) is 23.4. The van der Waals surface area contributed by atoms with Crippen LogP contribution in [-0.2, 0) is 4.79 Å². The number of likely N-dealkylation sites (tertiary alicyclic amines) is 1. The number of rotatable bonds is 9. The number of halogens is 1. The molecule has 0 bridgehead atoms. The van der Waals surface area contributed by atoms with Gasteiger partial charge in [-0.1, -0.05) is 23.7 Å². The number of hydrogen-bond acceptors (Lipinski definition) is 6. The Morgan fingerprint density at radius 2 is 2.00 bits per heavy atom. The Bertz CT molecular complexity index is 981. The van der Waals surface area contributed by atoms with Crippen LogP contribution in [0.25, 0.3) is 0 Å². The number of carbonyl (C=O) groups is 1. The predicted molar refractivity (Wildman–Crippen MR) is 132 cm³/mol. The third-order valence-electron chi connectivity index (χ3n) is 7.01. The average Bonchev–Trinajstić information content (AvgIpc) is 3.30. The van der Waals surface area contributed by atoms with Gasteiger partial charge in [0.05, 0.1) is 23.1 Å². The Morgan fingerprint density at radius 1 is 1.18 bits per heavy atom. The molecule has 8 heteroatoms. The van der Waals surface area contributed by atoms with E-state index >= 15 is 0 Å². The van der Waals surface area contributed by atoms with Crippen molar-refractivity contribution in [1.82, 2.24) is 15.2 Å². The number of amides is 1. The lowest BCUT2D eigenvalue weighted by molar-refractivity contribution is -0.126. The summed E-state index contributed by atoms with van der Waals surface area (Å²) in [6.45, 7) is 4.03. The van der Waals surface area contributed by atoms with Crippen LogP contribution < -0.4 is 15.0 Å². The van der Waals surface area contributed by atoms with Gasteiger partial charge in [-0.2, -0.15) is 0 Å². The first-order chi connectivity index (χ1) is 16.6. The van der Waals surface area contributed by atoms with Gasteiger partial charge >= 0.3 is 0 Å². The predicted octanol–water partition coefficient (Wildman–Crippen LogP) is 3.42. The fourth-order valence-corrected chi connectivity index (χ4v) is 5.12. The SMILES string of the molecule is O=C(NC(CN1CCCC1)C(O)c1ccc(OC2CC2)c(Cl)c1)C1CCN(c2ccccn2)C1. The minimum absolute atomic E-state index is 0.0125. The van der Waals surface area contributed by atoms with Crippen molar-refractivity contribution in [2.45, 2.75) is 50.4 Å². The Kier molecular flexibility index (Phi) is 7.23. The molecular weight excluding hydrogens is 452 g/mol. The number of carbonyl (C=O) groups excluding carboxylic acids is 1. The fourth-order valence-electron chi connectivity index (χ4n) is 4.89. The van der Waals surface area contributed by atoms with Gasteiger partial charge in [0.15, 0.2) is 0 Å². The van der Waals surface area contributed by atoms with Crippen LogP contribution in [0, 0.1) is 5.92 Å². The average molecular weight is 485 g/mol. The second-order valence-corrected chi connectivity index (χ2v) is 10.1. The van der Waals surface area contributed by atoms with Crippen molar-refractivity contribution < 1.29 is 14.6 Å². The summed E-state index contributed by atoms with van der Waals surface area (Å²) in [6.07, 6.45) is 6.37. The highest BCUT2D eigenvalue weighted by Gasteiger charge is 2.33. The molecule has 2 aromatic rings. The molecule has 3 aliphatic rings. The zero-order valence-electron chi connectivity index (χ0n) is 19.4. The van der Waals surface area contributed by atoms with Crippen LogP contribution in [0.1, 0.15) is 43.8 Å². The molecule has 182 valence electrons. The van der Waals surface area contributed by atoms with E-state index in [4.69, 9.17) is 16.3 Å². The van der Waals surface area contributed by atoms with E-state index in [2.05, 4.69) is 20.1 Å². The summed E-state index contributed by atoms with van der Waals surface area (Å²) in [5, 5.41) is 15.0. The molecule has 3 unspecified atom stereocenters. The molecule has 3 heterocycles. The summed E-state index contributed by atoms with van der Waals surface area (Å²) in [5.41, 5.74) is 0.694. The van der Waals surface area contributed by atoms with Crippen molar-refractivity contribution in [3.63, 3.8) is 0 Å². The van der Waals surface area contributed by atoms with Crippen LogP contribution in [0.4, 0.5) is 5.82 Å². The molecule has 0 radical (unpaired) electrons. The van der Waals surface area contributed by atoms with Gasteiger partial charge in [-0.05, 0) is 75.0 Å². The molecular formula is C26H33ClN4O3. The largest absolute Gasteiger partial charge is 0.489 e. The van der Waals surface area contributed by atoms with Crippen molar-refractivity contribution in [2.75, 3.05) is 37.6 Å². The number of aliphatic hydroxyl groups is 1. The van der Waals surface area contributed by atoms with E-state index in [1.54, 1.807) is 12.3 Å². The number of aromatic nitrogens is 1. The van der Waals surface area contributed by atoms with E-state index in [9.17, 15) is 9.90 Å². The zero-order chi connectivity index (χ0) is 23.5. The summed E-state index contributed by atoms with van der Waals surface area (Å²) < 4.78 is 5.84. The Labute approximate surface area is 206 Å². The molecule has 1 saturated carbocycles. The third-order valence-corrected chi connectivity index (χ3v) is 7.31. The monoisotopic (exact) mass is 484 g/mol. The molecule has 5 rings (SSSR count). The Balaban J connectivity index is 1.26. The lowest BCUT2D eigenvalue weighted by atomic mass is 10.00. The molecule has 1 amide bonds. The number of nitrogens with zero attached hydrogens (tertiary/aromatic N) is 3. The second kappa shape index (κ2) is 10.5. The minimum atomic E-state index is -0.856. The van der Waals surface area contributed by atoms with E-state index in [-0.39, 0.29) is 17.9 Å². The van der Waals surface area contributed by atoms with Gasteiger partial charge in [-0.3, -0.25) is 4.79 Å². The molecule has 3 atom stereocenters. The normalized spacial score (nSPS) is 22.5. The van der Waals surface area contributed by atoms with Crippen molar-refractivity contribution in [1.29, 1.82) is 0 Å². The summed E-state index contributed by atoms with van der Waals surface area (Å²) >= 11 is 6.46. The smallest absolute Gasteiger partial charge is 0.225 e. The van der Waals surface area contributed by atoms with Gasteiger partial charge in [0.25, 0.3) is 0 Å². The number of anilines is 1. The maximum Gasteiger partial charge on any atom is 0.225 e. The van der Waals surface area contributed by atoms with E-state index in [0.29, 0.717) is 29.4 Å². The molecule has 1 aromatic carbocycles. The van der Waals surface area contributed by atoms with Gasteiger partial charge in [-0.25, -0.2) is 4.98 Å². The van der Waals surface area contributed by atoms with E-state index < -0.39 is 12.1 Å². The number of ether oxygens (including phenoxy) is 1. The number of nitrogens with one attached hydrogen (secondary N) is 1. The first-order valence-corrected chi connectivity index (χ1v) is 12.8. The number of benzene rings is 1. The lowest BCUT2D eigenvalue weighted by Gasteiger charge is -2.30. The maximum atomic E-state index is 13.3. The Hall–Kier alpha value is -2.35. The molecule has 2 saturated heterocycles. The number of hydrogen-bond donors (Lipinski definition) is 2. The molecule has 34 heavy (non-hydrogen) atoms. The maximum absolute atomic E-state index is 13.3. The molecule has 1 aliphatic carbocycles. The minimum Gasteiger partial charge on any atom is -0.489 e. The van der Waals surface area contributed by atoms with Gasteiger partial charge in [0.2, 0.25) is 5.91 Å². The first-order valence-electron chi connectivity index (χ1n) is 12.4. The van der Waals surface area contributed by atoms with Gasteiger partial charge in [0, 0.05) is 25.8 Å². The highest BCUT2D eigenvalue weighted by molar-refractivity contribution is 6.32. The third kappa shape index (κ3) is 5.65. The summed E-state index contributed by atoms with van der Waals surface area (Å²) in [4.78, 5) is 22.1. The molecule has 2 aliphatic heterocycles. The second-order valence-electron chi connectivity index (χ2n) is 9.69. The molecule has 3 fully saturated rings. The van der Waals surface area contributed by atoms with Gasteiger partial charge < -0.3 is 25.0 Å². The topological polar surface area (TPSA) is 77.9 Å².